The standard InChI is InChI=1S/C27H29N7O3/c1-15-7-8-19(25-29-18(4)37-32-25)11-22(15)30-26(35)21-12-28-33-13-20(9-10-23(21)33)24-16(2)31-34(17(24)3)14-27(5,6)36/h7-13,36H,14H2,1-6H3,(H,30,35). The molecule has 0 bridgehead atoms. The molecule has 4 heterocycles. The zero-order valence-electron chi connectivity index (χ0n) is 21.7. The summed E-state index contributed by atoms with van der Waals surface area (Å²) in [6.45, 7) is 11.5. The number of aliphatic hydroxyl groups is 1. The molecule has 0 saturated carbocycles. The average molecular weight is 500 g/mol. The van der Waals surface area contributed by atoms with Gasteiger partial charge >= 0.3 is 0 Å². The van der Waals surface area contributed by atoms with Crippen LogP contribution in [0.25, 0.3) is 28.0 Å². The first-order valence-electron chi connectivity index (χ1n) is 12.0. The van der Waals surface area contributed by atoms with Crippen molar-refractivity contribution in [3.8, 4) is 22.5 Å². The number of nitrogens with one attached hydrogen (secondary N) is 1. The van der Waals surface area contributed by atoms with Crippen LogP contribution >= 0.6 is 0 Å². The Hall–Kier alpha value is -4.31. The molecule has 0 spiro atoms. The molecule has 37 heavy (non-hydrogen) atoms. The number of aromatic nitrogens is 6. The van der Waals surface area contributed by atoms with Crippen LogP contribution in [-0.4, -0.2) is 46.1 Å². The summed E-state index contributed by atoms with van der Waals surface area (Å²) in [5.41, 5.74) is 6.30. The summed E-state index contributed by atoms with van der Waals surface area (Å²) >= 11 is 0. The lowest BCUT2D eigenvalue weighted by molar-refractivity contribution is 0.0570. The number of carbonyl (C=O) groups is 1. The molecule has 2 N–H and O–H groups in total. The van der Waals surface area contributed by atoms with Crippen molar-refractivity contribution >= 4 is 17.1 Å². The van der Waals surface area contributed by atoms with Gasteiger partial charge in [-0.1, -0.05) is 23.4 Å². The molecule has 190 valence electrons. The predicted octanol–water partition coefficient (Wildman–Crippen LogP) is 4.50. The number of benzene rings is 1. The van der Waals surface area contributed by atoms with E-state index in [2.05, 4.69) is 25.7 Å². The highest BCUT2D eigenvalue weighted by molar-refractivity contribution is 6.09. The van der Waals surface area contributed by atoms with Crippen LogP contribution in [0.1, 0.15) is 47.0 Å². The number of pyridine rings is 1. The van der Waals surface area contributed by atoms with Crippen molar-refractivity contribution in [3.05, 3.63) is 71.1 Å². The monoisotopic (exact) mass is 499 g/mol. The van der Waals surface area contributed by atoms with Crippen LogP contribution < -0.4 is 5.32 Å². The molecule has 0 radical (unpaired) electrons. The second-order valence-corrected chi connectivity index (χ2v) is 9.94. The van der Waals surface area contributed by atoms with Crippen molar-refractivity contribution in [3.63, 3.8) is 0 Å². The van der Waals surface area contributed by atoms with Crippen molar-refractivity contribution in [1.29, 1.82) is 0 Å². The van der Waals surface area contributed by atoms with E-state index >= 15 is 0 Å². The Balaban J connectivity index is 1.43. The van der Waals surface area contributed by atoms with Crippen LogP contribution in [0.15, 0.2) is 47.2 Å². The van der Waals surface area contributed by atoms with Crippen LogP contribution in [0.5, 0.6) is 0 Å². The number of anilines is 1. The molecule has 4 aromatic heterocycles. The van der Waals surface area contributed by atoms with Gasteiger partial charge in [-0.25, -0.2) is 4.52 Å². The first-order valence-corrected chi connectivity index (χ1v) is 12.0. The van der Waals surface area contributed by atoms with Gasteiger partial charge in [-0.05, 0) is 52.3 Å². The number of carbonyl (C=O) groups excluding carboxylic acids is 1. The molecule has 0 fully saturated rings. The Kier molecular flexibility index (Phi) is 5.91. The van der Waals surface area contributed by atoms with Crippen molar-refractivity contribution < 1.29 is 14.4 Å². The van der Waals surface area contributed by atoms with Crippen molar-refractivity contribution in [2.24, 2.45) is 0 Å². The van der Waals surface area contributed by atoms with E-state index in [4.69, 9.17) is 4.52 Å². The predicted molar refractivity (Wildman–Crippen MR) is 139 cm³/mol. The topological polar surface area (TPSA) is 123 Å². The quantitative estimate of drug-likeness (QED) is 0.352. The average Bonchev–Trinajstić information content (AvgIpc) is 3.51. The summed E-state index contributed by atoms with van der Waals surface area (Å²) in [4.78, 5) is 17.5. The molecule has 0 aliphatic rings. The Bertz CT molecular complexity index is 1640. The van der Waals surface area contributed by atoms with Gasteiger partial charge in [0.2, 0.25) is 11.7 Å². The molecule has 0 aliphatic carbocycles. The van der Waals surface area contributed by atoms with E-state index < -0.39 is 5.60 Å². The van der Waals surface area contributed by atoms with Crippen molar-refractivity contribution in [2.45, 2.75) is 53.7 Å². The smallest absolute Gasteiger partial charge is 0.259 e. The number of fused-ring (bicyclic) bond motifs is 1. The summed E-state index contributed by atoms with van der Waals surface area (Å²) in [6.07, 6.45) is 3.45. The molecule has 1 aromatic carbocycles. The summed E-state index contributed by atoms with van der Waals surface area (Å²) in [6, 6.07) is 9.47. The lowest BCUT2D eigenvalue weighted by atomic mass is 10.0. The number of rotatable bonds is 6. The Morgan fingerprint density at radius 1 is 1.11 bits per heavy atom. The lowest BCUT2D eigenvalue weighted by Gasteiger charge is -2.18. The minimum Gasteiger partial charge on any atom is -0.389 e. The Labute approximate surface area is 213 Å². The molecule has 1 amide bonds. The minimum absolute atomic E-state index is 0.266. The molecule has 10 nitrogen and oxygen atoms in total. The third-order valence-corrected chi connectivity index (χ3v) is 6.24. The highest BCUT2D eigenvalue weighted by atomic mass is 16.5. The van der Waals surface area contributed by atoms with Crippen molar-refractivity contribution in [1.82, 2.24) is 29.5 Å². The van der Waals surface area contributed by atoms with Gasteiger partial charge < -0.3 is 14.9 Å². The number of hydrogen-bond donors (Lipinski definition) is 2. The number of nitrogens with zero attached hydrogens (tertiary/aromatic N) is 6. The molecule has 10 heteroatoms. The van der Waals surface area contributed by atoms with Crippen LogP contribution in [0.4, 0.5) is 5.69 Å². The Morgan fingerprint density at radius 3 is 2.57 bits per heavy atom. The van der Waals surface area contributed by atoms with Crippen molar-refractivity contribution in [2.75, 3.05) is 5.32 Å². The molecule has 0 unspecified atom stereocenters. The third-order valence-electron chi connectivity index (χ3n) is 6.24. The zero-order chi connectivity index (χ0) is 26.5. The van der Waals surface area contributed by atoms with Gasteiger partial charge in [0.1, 0.15) is 0 Å². The van der Waals surface area contributed by atoms with E-state index in [1.807, 2.05) is 62.0 Å². The van der Waals surface area contributed by atoms with E-state index in [-0.39, 0.29) is 5.91 Å². The van der Waals surface area contributed by atoms with Gasteiger partial charge in [-0.3, -0.25) is 9.48 Å². The van der Waals surface area contributed by atoms with E-state index in [1.165, 1.54) is 0 Å². The molecular weight excluding hydrogens is 470 g/mol. The molecule has 0 atom stereocenters. The lowest BCUT2D eigenvalue weighted by Crippen LogP contribution is -2.27. The number of amides is 1. The normalized spacial score (nSPS) is 11.9. The maximum atomic E-state index is 13.2. The molecule has 5 aromatic rings. The van der Waals surface area contributed by atoms with Crippen LogP contribution in [0.2, 0.25) is 0 Å². The first-order chi connectivity index (χ1) is 17.5. The number of aryl methyl sites for hydroxylation is 3. The molecular formula is C27H29N7O3. The summed E-state index contributed by atoms with van der Waals surface area (Å²) < 4.78 is 8.60. The minimum atomic E-state index is -0.878. The highest BCUT2D eigenvalue weighted by Crippen LogP contribution is 2.29. The summed E-state index contributed by atoms with van der Waals surface area (Å²) in [5.74, 6) is 0.674. The maximum Gasteiger partial charge on any atom is 0.259 e. The fourth-order valence-electron chi connectivity index (χ4n) is 4.44. The van der Waals surface area contributed by atoms with Crippen LogP contribution in [-0.2, 0) is 6.54 Å². The van der Waals surface area contributed by atoms with Gasteiger partial charge in [0.05, 0.1) is 35.1 Å². The van der Waals surface area contributed by atoms with Gasteiger partial charge in [-0.2, -0.15) is 15.2 Å². The highest BCUT2D eigenvalue weighted by Gasteiger charge is 2.21. The fraction of sp³-hybridized carbons (Fsp3) is 0.296. The SMILES string of the molecule is Cc1nc(-c2ccc(C)c(NC(=O)c3cnn4cc(-c5c(C)nn(CC(C)(C)O)c5C)ccc34)c2)no1. The molecule has 5 rings (SSSR count). The first kappa shape index (κ1) is 24.4. The molecule has 0 aliphatic heterocycles. The fourth-order valence-corrected chi connectivity index (χ4v) is 4.44. The summed E-state index contributed by atoms with van der Waals surface area (Å²) in [7, 11) is 0. The second-order valence-electron chi connectivity index (χ2n) is 9.94. The summed E-state index contributed by atoms with van der Waals surface area (Å²) in [5, 5.41) is 26.3. The maximum absolute atomic E-state index is 13.2. The van der Waals surface area contributed by atoms with Gasteiger partial charge in [0.15, 0.2) is 0 Å². The van der Waals surface area contributed by atoms with Gasteiger partial charge in [0.25, 0.3) is 5.91 Å². The van der Waals surface area contributed by atoms with Gasteiger partial charge in [0, 0.05) is 41.2 Å². The molecule has 0 saturated heterocycles. The largest absolute Gasteiger partial charge is 0.389 e. The van der Waals surface area contributed by atoms with E-state index in [9.17, 15) is 9.90 Å². The van der Waals surface area contributed by atoms with Crippen LogP contribution in [0.3, 0.4) is 0 Å². The van der Waals surface area contributed by atoms with Crippen LogP contribution in [0, 0.1) is 27.7 Å². The third kappa shape index (κ3) is 4.75. The van der Waals surface area contributed by atoms with E-state index in [1.54, 1.807) is 31.5 Å². The Morgan fingerprint density at radius 2 is 1.86 bits per heavy atom. The van der Waals surface area contributed by atoms with E-state index in [0.29, 0.717) is 35.0 Å². The second kappa shape index (κ2) is 8.97. The zero-order valence-corrected chi connectivity index (χ0v) is 21.7. The number of hydrogen-bond acceptors (Lipinski definition) is 7. The van der Waals surface area contributed by atoms with Gasteiger partial charge in [-0.15, -0.1) is 0 Å². The van der Waals surface area contributed by atoms with E-state index in [0.717, 1.165) is 33.6 Å².